The number of nitrogens with zero attached hydrogens (tertiary/aromatic N) is 2. The topological polar surface area (TPSA) is 67.6 Å². The molecular weight excluding hydrogens is 270 g/mol. The van der Waals surface area contributed by atoms with Crippen LogP contribution in [0.5, 0.6) is 0 Å². The second kappa shape index (κ2) is 5.99. The van der Waals surface area contributed by atoms with Crippen molar-refractivity contribution in [3.63, 3.8) is 0 Å². The molecule has 21 heavy (non-hydrogen) atoms. The molecule has 2 atom stereocenters. The average Bonchev–Trinajstić information content (AvgIpc) is 2.96. The fraction of sp³-hybridized carbons (Fsp3) is 0.600. The lowest BCUT2D eigenvalue weighted by Crippen LogP contribution is -2.47. The normalized spacial score (nSPS) is 25.6. The van der Waals surface area contributed by atoms with E-state index in [4.69, 9.17) is 4.74 Å². The van der Waals surface area contributed by atoms with Crippen molar-refractivity contribution in [3.8, 4) is 0 Å². The van der Waals surface area contributed by atoms with Gasteiger partial charge in [0.2, 0.25) is 0 Å². The smallest absolute Gasteiger partial charge is 0.269 e. The highest BCUT2D eigenvalue weighted by atomic mass is 16.6. The van der Waals surface area contributed by atoms with E-state index in [9.17, 15) is 10.1 Å². The molecule has 6 nitrogen and oxygen atoms in total. The highest BCUT2D eigenvalue weighted by Crippen LogP contribution is 2.32. The molecule has 1 N–H and O–H groups in total. The predicted octanol–water partition coefficient (Wildman–Crippen LogP) is 2.39. The highest BCUT2D eigenvalue weighted by Gasteiger charge is 2.36. The fourth-order valence-electron chi connectivity index (χ4n) is 3.49. The Morgan fingerprint density at radius 1 is 1.48 bits per heavy atom. The molecule has 0 bridgehead atoms. The van der Waals surface area contributed by atoms with E-state index in [1.54, 1.807) is 18.2 Å². The minimum Gasteiger partial charge on any atom is -0.388 e. The van der Waals surface area contributed by atoms with E-state index in [0.29, 0.717) is 12.1 Å². The molecule has 2 aliphatic rings. The zero-order chi connectivity index (χ0) is 14.8. The van der Waals surface area contributed by atoms with Gasteiger partial charge in [0.15, 0.2) is 0 Å². The fourth-order valence-corrected chi connectivity index (χ4v) is 3.49. The lowest BCUT2D eigenvalue weighted by molar-refractivity contribution is -0.384. The lowest BCUT2D eigenvalue weighted by Gasteiger charge is -2.37. The van der Waals surface area contributed by atoms with Crippen LogP contribution in [0.4, 0.5) is 11.4 Å². The Morgan fingerprint density at radius 2 is 2.33 bits per heavy atom. The summed E-state index contributed by atoms with van der Waals surface area (Å²) in [5.74, 6) is 0. The second-order valence-electron chi connectivity index (χ2n) is 5.73. The number of nitro benzene ring substituents is 1. The summed E-state index contributed by atoms with van der Waals surface area (Å²) in [5.41, 5.74) is 2.10. The maximum Gasteiger partial charge on any atom is 0.269 e. The predicted molar refractivity (Wildman–Crippen MR) is 80.4 cm³/mol. The average molecular weight is 291 g/mol. The standard InChI is InChI=1S/C15H21N3O3/c1-16-13-6-5-12(18(19)20)9-11(13)10-17-7-8-21-15-4-2-3-14(15)17/h5-6,9,14-16H,2-4,7-8,10H2,1H3. The minimum atomic E-state index is -0.333. The summed E-state index contributed by atoms with van der Waals surface area (Å²) in [6.45, 7) is 2.39. The summed E-state index contributed by atoms with van der Waals surface area (Å²) in [4.78, 5) is 13.1. The zero-order valence-corrected chi connectivity index (χ0v) is 12.2. The minimum absolute atomic E-state index is 0.153. The van der Waals surface area contributed by atoms with Crippen LogP contribution in [-0.2, 0) is 11.3 Å². The van der Waals surface area contributed by atoms with Crippen LogP contribution in [0.2, 0.25) is 0 Å². The molecule has 114 valence electrons. The third-order valence-corrected chi connectivity index (χ3v) is 4.54. The maximum absolute atomic E-state index is 11.0. The molecule has 1 aliphatic heterocycles. The molecule has 1 saturated heterocycles. The Bertz CT molecular complexity index is 535. The Morgan fingerprint density at radius 3 is 3.10 bits per heavy atom. The molecule has 1 saturated carbocycles. The van der Waals surface area contributed by atoms with Gasteiger partial charge in [-0.3, -0.25) is 15.0 Å². The van der Waals surface area contributed by atoms with Gasteiger partial charge in [0.1, 0.15) is 0 Å². The first kappa shape index (κ1) is 14.3. The first-order valence-electron chi connectivity index (χ1n) is 7.50. The van der Waals surface area contributed by atoms with E-state index in [1.807, 2.05) is 7.05 Å². The van der Waals surface area contributed by atoms with Crippen molar-refractivity contribution in [2.24, 2.45) is 0 Å². The van der Waals surface area contributed by atoms with Gasteiger partial charge in [0.25, 0.3) is 5.69 Å². The van der Waals surface area contributed by atoms with E-state index in [0.717, 1.165) is 43.8 Å². The number of rotatable bonds is 4. The van der Waals surface area contributed by atoms with Gasteiger partial charge in [-0.25, -0.2) is 0 Å². The van der Waals surface area contributed by atoms with Gasteiger partial charge in [0, 0.05) is 44.0 Å². The Kier molecular flexibility index (Phi) is 4.07. The first-order chi connectivity index (χ1) is 10.2. The quantitative estimate of drug-likeness (QED) is 0.681. The summed E-state index contributed by atoms with van der Waals surface area (Å²) in [6.07, 6.45) is 3.85. The largest absolute Gasteiger partial charge is 0.388 e. The molecular formula is C15H21N3O3. The van der Waals surface area contributed by atoms with Crippen molar-refractivity contribution in [2.45, 2.75) is 38.0 Å². The number of morpholine rings is 1. The molecule has 3 rings (SSSR count). The Hall–Kier alpha value is -1.66. The number of non-ortho nitro benzene ring substituents is 1. The number of fused-ring (bicyclic) bond motifs is 1. The molecule has 6 heteroatoms. The molecule has 1 aromatic rings. The van der Waals surface area contributed by atoms with Crippen molar-refractivity contribution in [1.82, 2.24) is 4.90 Å². The summed E-state index contributed by atoms with van der Waals surface area (Å²) in [7, 11) is 1.85. The third kappa shape index (κ3) is 2.87. The van der Waals surface area contributed by atoms with Crippen LogP contribution in [0, 0.1) is 10.1 Å². The monoisotopic (exact) mass is 291 g/mol. The van der Waals surface area contributed by atoms with E-state index in [2.05, 4.69) is 10.2 Å². The zero-order valence-electron chi connectivity index (χ0n) is 12.2. The van der Waals surface area contributed by atoms with Crippen LogP contribution in [0.15, 0.2) is 18.2 Å². The van der Waals surface area contributed by atoms with Crippen LogP contribution >= 0.6 is 0 Å². The molecule has 1 aromatic carbocycles. The van der Waals surface area contributed by atoms with Gasteiger partial charge in [0.05, 0.1) is 17.6 Å². The SMILES string of the molecule is CNc1ccc([N+](=O)[O-])cc1CN1CCOC2CCCC21. The Balaban J connectivity index is 1.82. The number of benzene rings is 1. The number of hydrogen-bond acceptors (Lipinski definition) is 5. The number of nitro groups is 1. The van der Waals surface area contributed by atoms with Gasteiger partial charge in [-0.1, -0.05) is 0 Å². The molecule has 0 radical (unpaired) electrons. The summed E-state index contributed by atoms with van der Waals surface area (Å²) in [6, 6.07) is 5.49. The van der Waals surface area contributed by atoms with Gasteiger partial charge < -0.3 is 10.1 Å². The number of anilines is 1. The van der Waals surface area contributed by atoms with E-state index >= 15 is 0 Å². The van der Waals surface area contributed by atoms with Gasteiger partial charge >= 0.3 is 0 Å². The van der Waals surface area contributed by atoms with E-state index < -0.39 is 0 Å². The van der Waals surface area contributed by atoms with Crippen LogP contribution in [0.3, 0.4) is 0 Å². The Labute approximate surface area is 124 Å². The van der Waals surface area contributed by atoms with Crippen LogP contribution in [-0.4, -0.2) is 42.2 Å². The van der Waals surface area contributed by atoms with Crippen LogP contribution in [0.25, 0.3) is 0 Å². The van der Waals surface area contributed by atoms with E-state index in [1.165, 1.54) is 6.42 Å². The van der Waals surface area contributed by atoms with Gasteiger partial charge in [-0.05, 0) is 30.9 Å². The summed E-state index contributed by atoms with van der Waals surface area (Å²) < 4.78 is 5.82. The van der Waals surface area contributed by atoms with Crippen molar-refractivity contribution in [3.05, 3.63) is 33.9 Å². The van der Waals surface area contributed by atoms with Gasteiger partial charge in [-0.15, -0.1) is 0 Å². The summed E-state index contributed by atoms with van der Waals surface area (Å²) >= 11 is 0. The number of hydrogen-bond donors (Lipinski definition) is 1. The van der Waals surface area contributed by atoms with Crippen LogP contribution in [0.1, 0.15) is 24.8 Å². The molecule has 2 unspecified atom stereocenters. The van der Waals surface area contributed by atoms with Crippen LogP contribution < -0.4 is 5.32 Å². The first-order valence-corrected chi connectivity index (χ1v) is 7.50. The molecule has 1 aliphatic carbocycles. The van der Waals surface area contributed by atoms with Crippen molar-refractivity contribution in [2.75, 3.05) is 25.5 Å². The second-order valence-corrected chi connectivity index (χ2v) is 5.73. The maximum atomic E-state index is 11.0. The van der Waals surface area contributed by atoms with Crippen molar-refractivity contribution in [1.29, 1.82) is 0 Å². The third-order valence-electron chi connectivity index (χ3n) is 4.54. The molecule has 1 heterocycles. The molecule has 2 fully saturated rings. The molecule has 0 aromatic heterocycles. The van der Waals surface area contributed by atoms with Crippen molar-refractivity contribution >= 4 is 11.4 Å². The lowest BCUT2D eigenvalue weighted by atomic mass is 10.1. The molecule has 0 spiro atoms. The summed E-state index contributed by atoms with van der Waals surface area (Å²) in [5, 5.41) is 14.1. The highest BCUT2D eigenvalue weighted by molar-refractivity contribution is 5.55. The number of nitrogens with one attached hydrogen (secondary N) is 1. The van der Waals surface area contributed by atoms with Crippen molar-refractivity contribution < 1.29 is 9.66 Å². The van der Waals surface area contributed by atoms with E-state index in [-0.39, 0.29) is 10.6 Å². The number of ether oxygens (including phenoxy) is 1. The molecule has 0 amide bonds. The van der Waals surface area contributed by atoms with Gasteiger partial charge in [-0.2, -0.15) is 0 Å².